The Kier molecular flexibility index (Phi) is 8.11. The highest BCUT2D eigenvalue weighted by Gasteiger charge is 2.23. The van der Waals surface area contributed by atoms with Crippen molar-refractivity contribution in [2.75, 3.05) is 23.3 Å². The number of aromatic nitrogens is 4. The fourth-order valence-electron chi connectivity index (χ4n) is 4.95. The third-order valence-corrected chi connectivity index (χ3v) is 7.17. The predicted molar refractivity (Wildman–Crippen MR) is 164 cm³/mol. The molecule has 2 N–H and O–H groups in total. The van der Waals surface area contributed by atoms with E-state index in [4.69, 9.17) is 9.98 Å². The SMILES string of the molecule is C=N/C(=N\c1c(C)c(=O)n(Cc2cccnc2)n1-c1cccc(C(C)(C)O)n1)Nc1ccc(N2CCCCC2)cc1. The first-order valence-corrected chi connectivity index (χ1v) is 13.8. The molecule has 212 valence electrons. The monoisotopic (exact) mass is 552 g/mol. The topological polar surface area (TPSA) is 113 Å². The molecule has 41 heavy (non-hydrogen) atoms. The van der Waals surface area contributed by atoms with E-state index in [-0.39, 0.29) is 18.1 Å². The first-order valence-electron chi connectivity index (χ1n) is 13.8. The van der Waals surface area contributed by atoms with Crippen LogP contribution in [0.2, 0.25) is 0 Å². The van der Waals surface area contributed by atoms with Gasteiger partial charge in [0.05, 0.1) is 17.8 Å². The summed E-state index contributed by atoms with van der Waals surface area (Å²) >= 11 is 0. The Morgan fingerprint density at radius 1 is 1.07 bits per heavy atom. The van der Waals surface area contributed by atoms with Gasteiger partial charge < -0.3 is 15.3 Å². The first-order chi connectivity index (χ1) is 19.7. The summed E-state index contributed by atoms with van der Waals surface area (Å²) in [6.45, 7) is 11.2. The van der Waals surface area contributed by atoms with Gasteiger partial charge in [0.1, 0.15) is 5.60 Å². The van der Waals surface area contributed by atoms with E-state index >= 15 is 0 Å². The maximum atomic E-state index is 13.6. The van der Waals surface area contributed by atoms with Crippen LogP contribution in [-0.4, -0.2) is 50.2 Å². The first kappa shape index (κ1) is 28.0. The zero-order valence-corrected chi connectivity index (χ0v) is 23.8. The Labute approximate surface area is 239 Å². The highest BCUT2D eigenvalue weighted by Crippen LogP contribution is 2.26. The molecule has 1 aliphatic heterocycles. The number of aliphatic hydroxyl groups is 1. The van der Waals surface area contributed by atoms with Gasteiger partial charge in [0.15, 0.2) is 11.6 Å². The maximum absolute atomic E-state index is 13.6. The smallest absolute Gasteiger partial charge is 0.272 e. The molecule has 1 saturated heterocycles. The third kappa shape index (κ3) is 6.28. The van der Waals surface area contributed by atoms with Crippen LogP contribution in [-0.2, 0) is 12.1 Å². The van der Waals surface area contributed by atoms with Crippen LogP contribution >= 0.6 is 0 Å². The molecule has 5 rings (SSSR count). The van der Waals surface area contributed by atoms with Gasteiger partial charge in [0, 0.05) is 36.9 Å². The average molecular weight is 553 g/mol. The van der Waals surface area contributed by atoms with Crippen molar-refractivity contribution in [3.63, 3.8) is 0 Å². The Balaban J connectivity index is 1.55. The number of aliphatic imine (C=N–C) groups is 2. The Morgan fingerprint density at radius 2 is 1.83 bits per heavy atom. The van der Waals surface area contributed by atoms with E-state index in [1.807, 2.05) is 24.3 Å². The van der Waals surface area contributed by atoms with E-state index < -0.39 is 5.60 Å². The molecule has 0 atom stereocenters. The van der Waals surface area contributed by atoms with Gasteiger partial charge in [-0.25, -0.2) is 19.3 Å². The third-order valence-electron chi connectivity index (χ3n) is 7.17. The summed E-state index contributed by atoms with van der Waals surface area (Å²) in [5.41, 5.74) is 2.33. The summed E-state index contributed by atoms with van der Waals surface area (Å²) in [6.07, 6.45) is 7.12. The molecule has 10 heteroatoms. The molecule has 1 aliphatic rings. The highest BCUT2D eigenvalue weighted by molar-refractivity contribution is 5.98. The number of benzene rings is 1. The molecule has 0 radical (unpaired) electrons. The maximum Gasteiger partial charge on any atom is 0.272 e. The summed E-state index contributed by atoms with van der Waals surface area (Å²) in [7, 11) is 0. The van der Waals surface area contributed by atoms with Gasteiger partial charge in [-0.15, -0.1) is 0 Å². The number of guanidine groups is 1. The molecular formula is C31H36N8O2. The van der Waals surface area contributed by atoms with Crippen molar-refractivity contribution >= 4 is 29.9 Å². The van der Waals surface area contributed by atoms with Crippen LogP contribution in [0.15, 0.2) is 81.8 Å². The Hall–Kier alpha value is -4.57. The van der Waals surface area contributed by atoms with Crippen molar-refractivity contribution in [1.29, 1.82) is 0 Å². The Bertz CT molecular complexity index is 1590. The minimum Gasteiger partial charge on any atom is -0.384 e. The molecule has 0 bridgehead atoms. The summed E-state index contributed by atoms with van der Waals surface area (Å²) in [5, 5.41) is 13.9. The van der Waals surface area contributed by atoms with Crippen LogP contribution in [0.5, 0.6) is 0 Å². The number of piperidine rings is 1. The van der Waals surface area contributed by atoms with Crippen molar-refractivity contribution in [3.05, 3.63) is 94.2 Å². The number of hydrogen-bond acceptors (Lipinski definition) is 6. The minimum atomic E-state index is -1.17. The van der Waals surface area contributed by atoms with Crippen LogP contribution in [0, 0.1) is 6.92 Å². The lowest BCUT2D eigenvalue weighted by molar-refractivity contribution is 0.0738. The number of nitrogens with zero attached hydrogens (tertiary/aromatic N) is 7. The van der Waals surface area contributed by atoms with Crippen molar-refractivity contribution < 1.29 is 5.11 Å². The molecule has 0 spiro atoms. The van der Waals surface area contributed by atoms with Crippen LogP contribution in [0.3, 0.4) is 0 Å². The standard InChI is InChI=1S/C31H36N8O2/c1-22-28(36-30(32-4)34-24-13-15-25(16-14-24)37-18-6-5-7-19-37)39(27-12-8-11-26(35-27)31(2,3)41)38(29(22)40)21-23-10-9-17-33-20-23/h8-17,20,41H,4-7,18-19,21H2,1-3H3,(H,34,36). The summed E-state index contributed by atoms with van der Waals surface area (Å²) in [5.74, 6) is 1.04. The highest BCUT2D eigenvalue weighted by atomic mass is 16.3. The summed E-state index contributed by atoms with van der Waals surface area (Å²) in [6, 6.07) is 17.2. The fraction of sp³-hybridized carbons (Fsp3) is 0.323. The number of rotatable bonds is 7. The van der Waals surface area contributed by atoms with E-state index in [1.54, 1.807) is 60.7 Å². The van der Waals surface area contributed by atoms with Gasteiger partial charge in [0.25, 0.3) is 5.56 Å². The molecular weight excluding hydrogens is 516 g/mol. The molecule has 1 fully saturated rings. The molecule has 4 heterocycles. The lowest BCUT2D eigenvalue weighted by Gasteiger charge is -2.28. The second-order valence-corrected chi connectivity index (χ2v) is 10.7. The Morgan fingerprint density at radius 3 is 2.49 bits per heavy atom. The molecule has 0 unspecified atom stereocenters. The molecule has 3 aromatic heterocycles. The number of hydrogen-bond donors (Lipinski definition) is 2. The van der Waals surface area contributed by atoms with Crippen molar-refractivity contribution in [1.82, 2.24) is 19.3 Å². The van der Waals surface area contributed by atoms with E-state index in [0.29, 0.717) is 22.9 Å². The van der Waals surface area contributed by atoms with Crippen LogP contribution < -0.4 is 15.8 Å². The second-order valence-electron chi connectivity index (χ2n) is 10.7. The zero-order chi connectivity index (χ0) is 29.0. The van der Waals surface area contributed by atoms with E-state index in [0.717, 1.165) is 24.3 Å². The molecule has 0 amide bonds. The van der Waals surface area contributed by atoms with Crippen molar-refractivity contribution in [2.45, 2.75) is 52.2 Å². The normalized spacial score (nSPS) is 14.2. The van der Waals surface area contributed by atoms with Crippen molar-refractivity contribution in [2.24, 2.45) is 9.98 Å². The molecule has 0 aliphatic carbocycles. The molecule has 1 aromatic carbocycles. The quantitative estimate of drug-likeness (QED) is 0.252. The van der Waals surface area contributed by atoms with E-state index in [2.05, 4.69) is 39.0 Å². The number of nitrogens with one attached hydrogen (secondary N) is 1. The van der Waals surface area contributed by atoms with Crippen LogP contribution in [0.1, 0.15) is 49.9 Å². The van der Waals surface area contributed by atoms with Gasteiger partial charge in [-0.1, -0.05) is 12.1 Å². The molecule has 4 aromatic rings. The van der Waals surface area contributed by atoms with Gasteiger partial charge >= 0.3 is 0 Å². The zero-order valence-electron chi connectivity index (χ0n) is 23.8. The lowest BCUT2D eigenvalue weighted by atomic mass is 10.1. The van der Waals surface area contributed by atoms with Gasteiger partial charge in [-0.05, 0) is 94.8 Å². The number of pyridine rings is 2. The van der Waals surface area contributed by atoms with E-state index in [1.165, 1.54) is 24.9 Å². The average Bonchev–Trinajstić information content (AvgIpc) is 3.22. The van der Waals surface area contributed by atoms with Gasteiger partial charge in [-0.2, -0.15) is 4.99 Å². The molecule has 0 saturated carbocycles. The van der Waals surface area contributed by atoms with Crippen LogP contribution in [0.25, 0.3) is 5.82 Å². The van der Waals surface area contributed by atoms with E-state index in [9.17, 15) is 9.90 Å². The van der Waals surface area contributed by atoms with Crippen molar-refractivity contribution in [3.8, 4) is 5.82 Å². The predicted octanol–water partition coefficient (Wildman–Crippen LogP) is 4.80. The minimum absolute atomic E-state index is 0.225. The molecule has 10 nitrogen and oxygen atoms in total. The fourth-order valence-corrected chi connectivity index (χ4v) is 4.95. The van der Waals surface area contributed by atoms with Gasteiger partial charge in [-0.3, -0.25) is 9.78 Å². The summed E-state index contributed by atoms with van der Waals surface area (Å²) in [4.78, 5) is 33.8. The number of anilines is 2. The van der Waals surface area contributed by atoms with Gasteiger partial charge in [0.2, 0.25) is 5.96 Å². The summed E-state index contributed by atoms with van der Waals surface area (Å²) < 4.78 is 3.22. The largest absolute Gasteiger partial charge is 0.384 e. The second kappa shape index (κ2) is 11.9. The lowest BCUT2D eigenvalue weighted by Crippen LogP contribution is -2.29. The van der Waals surface area contributed by atoms with Crippen LogP contribution in [0.4, 0.5) is 17.2 Å².